The van der Waals surface area contributed by atoms with E-state index in [9.17, 15) is 4.79 Å². The molecule has 0 fully saturated rings. The van der Waals surface area contributed by atoms with Crippen molar-refractivity contribution in [3.63, 3.8) is 0 Å². The first-order valence-corrected chi connectivity index (χ1v) is 6.98. The van der Waals surface area contributed by atoms with Crippen LogP contribution < -0.4 is 5.32 Å². The fourth-order valence-corrected chi connectivity index (χ4v) is 2.06. The SMILES string of the molecule is CCC(CC)CNC(=O)CCc1ccccc1C. The topological polar surface area (TPSA) is 29.1 Å². The molecule has 0 heterocycles. The average molecular weight is 247 g/mol. The molecule has 0 bridgehead atoms. The molecular formula is C16H25NO. The standard InChI is InChI=1S/C16H25NO/c1-4-14(5-2)12-17-16(18)11-10-15-9-7-6-8-13(15)3/h6-9,14H,4-5,10-12H2,1-3H3,(H,17,18). The van der Waals surface area contributed by atoms with E-state index >= 15 is 0 Å². The second-order valence-electron chi connectivity index (χ2n) is 4.91. The van der Waals surface area contributed by atoms with Gasteiger partial charge in [-0.25, -0.2) is 0 Å². The van der Waals surface area contributed by atoms with Gasteiger partial charge in [-0.05, 0) is 30.4 Å². The summed E-state index contributed by atoms with van der Waals surface area (Å²) in [4.78, 5) is 11.8. The summed E-state index contributed by atoms with van der Waals surface area (Å²) in [6.07, 6.45) is 3.69. The molecule has 0 radical (unpaired) electrons. The number of carbonyl (C=O) groups is 1. The first-order chi connectivity index (χ1) is 8.67. The smallest absolute Gasteiger partial charge is 0.220 e. The van der Waals surface area contributed by atoms with Crippen molar-refractivity contribution in [3.05, 3.63) is 35.4 Å². The zero-order valence-corrected chi connectivity index (χ0v) is 11.8. The summed E-state index contributed by atoms with van der Waals surface area (Å²) in [5, 5.41) is 3.04. The van der Waals surface area contributed by atoms with Crippen LogP contribution >= 0.6 is 0 Å². The molecule has 2 nitrogen and oxygen atoms in total. The third-order valence-electron chi connectivity index (χ3n) is 3.63. The molecular weight excluding hydrogens is 222 g/mol. The average Bonchev–Trinajstić information content (AvgIpc) is 2.39. The second kappa shape index (κ2) is 7.91. The minimum atomic E-state index is 0.171. The Hall–Kier alpha value is -1.31. The third kappa shape index (κ3) is 4.91. The van der Waals surface area contributed by atoms with E-state index in [1.54, 1.807) is 0 Å². The first kappa shape index (κ1) is 14.7. The molecule has 0 aliphatic heterocycles. The van der Waals surface area contributed by atoms with Crippen molar-refractivity contribution < 1.29 is 4.79 Å². The number of aryl methyl sites for hydroxylation is 2. The largest absolute Gasteiger partial charge is 0.356 e. The molecule has 0 saturated heterocycles. The van der Waals surface area contributed by atoms with Gasteiger partial charge in [0.2, 0.25) is 5.91 Å². The van der Waals surface area contributed by atoms with Gasteiger partial charge in [0, 0.05) is 13.0 Å². The van der Waals surface area contributed by atoms with Gasteiger partial charge in [0.15, 0.2) is 0 Å². The number of amides is 1. The minimum absolute atomic E-state index is 0.171. The first-order valence-electron chi connectivity index (χ1n) is 6.98. The van der Waals surface area contributed by atoms with Crippen LogP contribution in [-0.2, 0) is 11.2 Å². The molecule has 0 spiro atoms. The maximum atomic E-state index is 11.8. The summed E-state index contributed by atoms with van der Waals surface area (Å²) >= 11 is 0. The number of carbonyl (C=O) groups excluding carboxylic acids is 1. The molecule has 1 rings (SSSR count). The van der Waals surface area contributed by atoms with Crippen LogP contribution in [0.4, 0.5) is 0 Å². The van der Waals surface area contributed by atoms with E-state index in [1.807, 2.05) is 12.1 Å². The molecule has 0 unspecified atom stereocenters. The normalized spacial score (nSPS) is 10.7. The predicted octanol–water partition coefficient (Wildman–Crippen LogP) is 3.48. The van der Waals surface area contributed by atoms with E-state index in [1.165, 1.54) is 11.1 Å². The molecule has 0 atom stereocenters. The number of rotatable bonds is 7. The summed E-state index contributed by atoms with van der Waals surface area (Å²) in [7, 11) is 0. The Kier molecular flexibility index (Phi) is 6.48. The maximum absolute atomic E-state index is 11.8. The van der Waals surface area contributed by atoms with E-state index in [2.05, 4.69) is 38.2 Å². The van der Waals surface area contributed by atoms with Crippen LogP contribution in [0, 0.1) is 12.8 Å². The lowest BCUT2D eigenvalue weighted by molar-refractivity contribution is -0.121. The van der Waals surface area contributed by atoms with Gasteiger partial charge in [0.1, 0.15) is 0 Å². The van der Waals surface area contributed by atoms with E-state index < -0.39 is 0 Å². The van der Waals surface area contributed by atoms with Crippen LogP contribution in [0.2, 0.25) is 0 Å². The minimum Gasteiger partial charge on any atom is -0.356 e. The summed E-state index contributed by atoms with van der Waals surface area (Å²) in [5.74, 6) is 0.789. The van der Waals surface area contributed by atoms with Crippen LogP contribution in [0.3, 0.4) is 0 Å². The molecule has 1 aromatic carbocycles. The van der Waals surface area contributed by atoms with Gasteiger partial charge in [-0.2, -0.15) is 0 Å². The van der Waals surface area contributed by atoms with Crippen molar-refractivity contribution in [2.45, 2.75) is 46.5 Å². The van der Waals surface area contributed by atoms with Crippen LogP contribution in [0.25, 0.3) is 0 Å². The van der Waals surface area contributed by atoms with Crippen molar-refractivity contribution in [1.82, 2.24) is 5.32 Å². The lowest BCUT2D eigenvalue weighted by Crippen LogP contribution is -2.29. The summed E-state index contributed by atoms with van der Waals surface area (Å²) < 4.78 is 0. The monoisotopic (exact) mass is 247 g/mol. The molecule has 18 heavy (non-hydrogen) atoms. The number of nitrogens with one attached hydrogen (secondary N) is 1. The second-order valence-corrected chi connectivity index (χ2v) is 4.91. The molecule has 0 saturated carbocycles. The van der Waals surface area contributed by atoms with E-state index in [0.29, 0.717) is 12.3 Å². The number of hydrogen-bond acceptors (Lipinski definition) is 1. The van der Waals surface area contributed by atoms with Crippen molar-refractivity contribution in [3.8, 4) is 0 Å². The molecule has 0 aromatic heterocycles. The Morgan fingerprint density at radius 2 is 1.89 bits per heavy atom. The molecule has 2 heteroatoms. The van der Waals surface area contributed by atoms with Crippen LogP contribution in [0.5, 0.6) is 0 Å². The van der Waals surface area contributed by atoms with E-state index in [4.69, 9.17) is 0 Å². The summed E-state index contributed by atoms with van der Waals surface area (Å²) in [5.41, 5.74) is 2.54. The fourth-order valence-electron chi connectivity index (χ4n) is 2.06. The molecule has 1 amide bonds. The quantitative estimate of drug-likeness (QED) is 0.785. The fraction of sp³-hybridized carbons (Fsp3) is 0.562. The van der Waals surface area contributed by atoms with Gasteiger partial charge < -0.3 is 5.32 Å². The van der Waals surface area contributed by atoms with Crippen molar-refractivity contribution >= 4 is 5.91 Å². The molecule has 1 aromatic rings. The summed E-state index contributed by atoms with van der Waals surface area (Å²) in [6.45, 7) is 7.26. The Morgan fingerprint density at radius 1 is 1.22 bits per heavy atom. The highest BCUT2D eigenvalue weighted by atomic mass is 16.1. The predicted molar refractivity (Wildman–Crippen MR) is 76.6 cm³/mol. The zero-order chi connectivity index (χ0) is 13.4. The Balaban J connectivity index is 2.31. The van der Waals surface area contributed by atoms with Crippen molar-refractivity contribution in [2.24, 2.45) is 5.92 Å². The van der Waals surface area contributed by atoms with Crippen molar-refractivity contribution in [2.75, 3.05) is 6.54 Å². The van der Waals surface area contributed by atoms with Crippen LogP contribution in [-0.4, -0.2) is 12.5 Å². The maximum Gasteiger partial charge on any atom is 0.220 e. The van der Waals surface area contributed by atoms with Gasteiger partial charge in [0.25, 0.3) is 0 Å². The molecule has 0 aliphatic rings. The zero-order valence-electron chi connectivity index (χ0n) is 11.8. The highest BCUT2D eigenvalue weighted by molar-refractivity contribution is 5.76. The van der Waals surface area contributed by atoms with Gasteiger partial charge in [-0.15, -0.1) is 0 Å². The van der Waals surface area contributed by atoms with Gasteiger partial charge >= 0.3 is 0 Å². The number of benzene rings is 1. The molecule has 100 valence electrons. The Bertz CT molecular complexity index is 369. The highest BCUT2D eigenvalue weighted by Crippen LogP contribution is 2.10. The lowest BCUT2D eigenvalue weighted by atomic mass is 10.0. The van der Waals surface area contributed by atoms with Crippen LogP contribution in [0.1, 0.15) is 44.2 Å². The molecule has 1 N–H and O–H groups in total. The Labute approximate surface area is 111 Å². The van der Waals surface area contributed by atoms with E-state index in [-0.39, 0.29) is 5.91 Å². The highest BCUT2D eigenvalue weighted by Gasteiger charge is 2.07. The summed E-state index contributed by atoms with van der Waals surface area (Å²) in [6, 6.07) is 8.26. The van der Waals surface area contributed by atoms with E-state index in [0.717, 1.165) is 25.8 Å². The lowest BCUT2D eigenvalue weighted by Gasteiger charge is -2.13. The van der Waals surface area contributed by atoms with Gasteiger partial charge in [-0.1, -0.05) is 51.0 Å². The molecule has 0 aliphatic carbocycles. The Morgan fingerprint density at radius 3 is 2.50 bits per heavy atom. The third-order valence-corrected chi connectivity index (χ3v) is 3.63. The van der Waals surface area contributed by atoms with Crippen LogP contribution in [0.15, 0.2) is 24.3 Å². The van der Waals surface area contributed by atoms with Crippen molar-refractivity contribution in [1.29, 1.82) is 0 Å². The van der Waals surface area contributed by atoms with Gasteiger partial charge in [0.05, 0.1) is 0 Å². The number of hydrogen-bond donors (Lipinski definition) is 1. The van der Waals surface area contributed by atoms with Gasteiger partial charge in [-0.3, -0.25) is 4.79 Å².